The second-order valence-electron chi connectivity index (χ2n) is 3.94. The van der Waals surface area contributed by atoms with Crippen molar-refractivity contribution in [3.05, 3.63) is 23.9 Å². The molecule has 2 rings (SSSR count). The van der Waals surface area contributed by atoms with E-state index in [1.165, 1.54) is 0 Å². The molecule has 0 aliphatic carbocycles. The monoisotopic (exact) mass is 216 g/mol. The fraction of sp³-hybridized carbons (Fsp3) is 0.500. The summed E-state index contributed by atoms with van der Waals surface area (Å²) in [5.41, 5.74) is 0.621. The quantitative estimate of drug-likeness (QED) is 0.742. The third-order valence-electron chi connectivity index (χ3n) is 3.02. The van der Waals surface area contributed by atoms with Gasteiger partial charge in [0.2, 0.25) is 0 Å². The molecule has 4 heteroatoms. The standard InChI is InChI=1S/C12H16N4/c1-2-15-5-7-16(8-6-15)12-4-3-11(9-13)10-14-12/h3-4,10H,2,5-8H2,1H3. The number of piperazine rings is 1. The highest BCUT2D eigenvalue weighted by atomic mass is 15.3. The molecule has 0 N–H and O–H groups in total. The summed E-state index contributed by atoms with van der Waals surface area (Å²) in [5, 5.41) is 8.70. The van der Waals surface area contributed by atoms with E-state index in [0.29, 0.717) is 5.56 Å². The van der Waals surface area contributed by atoms with Crippen LogP contribution >= 0.6 is 0 Å². The topological polar surface area (TPSA) is 43.2 Å². The zero-order chi connectivity index (χ0) is 11.4. The molecule has 1 aromatic rings. The average molecular weight is 216 g/mol. The highest BCUT2D eigenvalue weighted by molar-refractivity contribution is 5.42. The molecule has 1 saturated heterocycles. The van der Waals surface area contributed by atoms with Crippen LogP contribution in [0, 0.1) is 11.3 Å². The van der Waals surface area contributed by atoms with Gasteiger partial charge in [0.1, 0.15) is 11.9 Å². The molecule has 0 radical (unpaired) electrons. The maximum absolute atomic E-state index is 8.70. The molecule has 0 spiro atoms. The molecule has 1 fully saturated rings. The van der Waals surface area contributed by atoms with E-state index in [0.717, 1.165) is 38.5 Å². The molecule has 4 nitrogen and oxygen atoms in total. The summed E-state index contributed by atoms with van der Waals surface area (Å²) < 4.78 is 0. The van der Waals surface area contributed by atoms with Crippen LogP contribution in [0.4, 0.5) is 5.82 Å². The van der Waals surface area contributed by atoms with Crippen LogP contribution in [0.15, 0.2) is 18.3 Å². The van der Waals surface area contributed by atoms with E-state index >= 15 is 0 Å². The Morgan fingerprint density at radius 1 is 1.31 bits per heavy atom. The van der Waals surface area contributed by atoms with E-state index in [9.17, 15) is 0 Å². The molecule has 84 valence electrons. The fourth-order valence-electron chi connectivity index (χ4n) is 1.93. The lowest BCUT2D eigenvalue weighted by molar-refractivity contribution is 0.270. The van der Waals surface area contributed by atoms with Crippen LogP contribution in [-0.2, 0) is 0 Å². The first-order valence-corrected chi connectivity index (χ1v) is 5.67. The molecular formula is C12H16N4. The number of rotatable bonds is 2. The number of nitrogens with zero attached hydrogens (tertiary/aromatic N) is 4. The maximum Gasteiger partial charge on any atom is 0.128 e. The van der Waals surface area contributed by atoms with Gasteiger partial charge in [-0.15, -0.1) is 0 Å². The average Bonchev–Trinajstić information content (AvgIpc) is 2.39. The van der Waals surface area contributed by atoms with Crippen molar-refractivity contribution < 1.29 is 0 Å². The zero-order valence-electron chi connectivity index (χ0n) is 9.56. The summed E-state index contributed by atoms with van der Waals surface area (Å²) in [4.78, 5) is 9.01. The summed E-state index contributed by atoms with van der Waals surface area (Å²) in [6, 6.07) is 5.84. The molecule has 0 saturated carbocycles. The number of hydrogen-bond acceptors (Lipinski definition) is 4. The Morgan fingerprint density at radius 2 is 2.06 bits per heavy atom. The predicted octanol–water partition coefficient (Wildman–Crippen LogP) is 1.10. The van der Waals surface area contributed by atoms with E-state index in [-0.39, 0.29) is 0 Å². The number of aromatic nitrogens is 1. The smallest absolute Gasteiger partial charge is 0.128 e. The van der Waals surface area contributed by atoms with Gasteiger partial charge in [-0.05, 0) is 18.7 Å². The molecule has 0 bridgehead atoms. The first-order valence-electron chi connectivity index (χ1n) is 5.67. The van der Waals surface area contributed by atoms with Crippen molar-refractivity contribution in [2.24, 2.45) is 0 Å². The van der Waals surface area contributed by atoms with Crippen molar-refractivity contribution in [3.63, 3.8) is 0 Å². The highest BCUT2D eigenvalue weighted by Gasteiger charge is 2.16. The number of pyridine rings is 1. The minimum absolute atomic E-state index is 0.621. The lowest BCUT2D eigenvalue weighted by Crippen LogP contribution is -2.46. The third kappa shape index (κ3) is 2.31. The summed E-state index contributed by atoms with van der Waals surface area (Å²) >= 11 is 0. The number of hydrogen-bond donors (Lipinski definition) is 0. The first kappa shape index (κ1) is 10.9. The Morgan fingerprint density at radius 3 is 2.56 bits per heavy atom. The van der Waals surface area contributed by atoms with Gasteiger partial charge >= 0.3 is 0 Å². The van der Waals surface area contributed by atoms with Crippen LogP contribution in [0.2, 0.25) is 0 Å². The summed E-state index contributed by atoms with van der Waals surface area (Å²) in [6.45, 7) is 7.54. The molecule has 1 aliphatic rings. The molecule has 0 unspecified atom stereocenters. The molecule has 0 aromatic carbocycles. The Labute approximate surface area is 96.1 Å². The SMILES string of the molecule is CCN1CCN(c2ccc(C#N)cn2)CC1. The molecule has 1 aliphatic heterocycles. The van der Waals surface area contributed by atoms with Crippen molar-refractivity contribution >= 4 is 5.82 Å². The third-order valence-corrected chi connectivity index (χ3v) is 3.02. The second kappa shape index (κ2) is 4.95. The van der Waals surface area contributed by atoms with E-state index in [4.69, 9.17) is 5.26 Å². The van der Waals surface area contributed by atoms with Crippen LogP contribution in [-0.4, -0.2) is 42.6 Å². The number of likely N-dealkylation sites (N-methyl/N-ethyl adjacent to an activating group) is 1. The van der Waals surface area contributed by atoms with Crippen molar-refractivity contribution in [3.8, 4) is 6.07 Å². The molecule has 1 aromatic heterocycles. The van der Waals surface area contributed by atoms with Crippen LogP contribution in [0.3, 0.4) is 0 Å². The van der Waals surface area contributed by atoms with Crippen molar-refractivity contribution in [2.45, 2.75) is 6.92 Å². The summed E-state index contributed by atoms with van der Waals surface area (Å²) in [6.07, 6.45) is 1.64. The minimum Gasteiger partial charge on any atom is -0.354 e. The van der Waals surface area contributed by atoms with Gasteiger partial charge in [0.05, 0.1) is 5.56 Å². The van der Waals surface area contributed by atoms with Gasteiger partial charge in [-0.25, -0.2) is 4.98 Å². The van der Waals surface area contributed by atoms with Crippen LogP contribution in [0.5, 0.6) is 0 Å². The van der Waals surface area contributed by atoms with Gasteiger partial charge in [-0.2, -0.15) is 5.26 Å². The van der Waals surface area contributed by atoms with E-state index in [2.05, 4.69) is 27.8 Å². The van der Waals surface area contributed by atoms with Crippen LogP contribution < -0.4 is 4.90 Å². The highest BCUT2D eigenvalue weighted by Crippen LogP contribution is 2.13. The molecule has 0 amide bonds. The van der Waals surface area contributed by atoms with Crippen LogP contribution in [0.1, 0.15) is 12.5 Å². The lowest BCUT2D eigenvalue weighted by atomic mass is 10.2. The number of anilines is 1. The van der Waals surface area contributed by atoms with E-state index in [1.54, 1.807) is 6.20 Å². The summed E-state index contributed by atoms with van der Waals surface area (Å²) in [5.74, 6) is 0.981. The van der Waals surface area contributed by atoms with E-state index < -0.39 is 0 Å². The van der Waals surface area contributed by atoms with Gasteiger partial charge in [-0.1, -0.05) is 6.92 Å². The van der Waals surface area contributed by atoms with Crippen LogP contribution in [0.25, 0.3) is 0 Å². The minimum atomic E-state index is 0.621. The summed E-state index contributed by atoms with van der Waals surface area (Å²) in [7, 11) is 0. The molecule has 16 heavy (non-hydrogen) atoms. The lowest BCUT2D eigenvalue weighted by Gasteiger charge is -2.34. The molecule has 2 heterocycles. The van der Waals surface area contributed by atoms with Crippen molar-refractivity contribution in [1.82, 2.24) is 9.88 Å². The molecular weight excluding hydrogens is 200 g/mol. The van der Waals surface area contributed by atoms with E-state index in [1.807, 2.05) is 12.1 Å². The van der Waals surface area contributed by atoms with Gasteiger partial charge in [0.25, 0.3) is 0 Å². The Balaban J connectivity index is 2.00. The van der Waals surface area contributed by atoms with Gasteiger partial charge < -0.3 is 9.80 Å². The maximum atomic E-state index is 8.70. The van der Waals surface area contributed by atoms with Crippen molar-refractivity contribution in [2.75, 3.05) is 37.6 Å². The van der Waals surface area contributed by atoms with Gasteiger partial charge in [0, 0.05) is 32.4 Å². The Kier molecular flexibility index (Phi) is 3.37. The second-order valence-corrected chi connectivity index (χ2v) is 3.94. The Hall–Kier alpha value is -1.60. The zero-order valence-corrected chi connectivity index (χ0v) is 9.56. The first-order chi connectivity index (χ1) is 7.83. The largest absolute Gasteiger partial charge is 0.354 e. The fourth-order valence-corrected chi connectivity index (χ4v) is 1.93. The normalized spacial score (nSPS) is 17.1. The van der Waals surface area contributed by atoms with Gasteiger partial charge in [0.15, 0.2) is 0 Å². The Bertz CT molecular complexity index is 371. The molecule has 0 atom stereocenters. The predicted molar refractivity (Wildman–Crippen MR) is 63.3 cm³/mol. The number of nitriles is 1. The van der Waals surface area contributed by atoms with Crippen molar-refractivity contribution in [1.29, 1.82) is 5.26 Å². The van der Waals surface area contributed by atoms with Gasteiger partial charge in [-0.3, -0.25) is 0 Å².